The van der Waals surface area contributed by atoms with E-state index in [4.69, 9.17) is 18.9 Å². The lowest BCUT2D eigenvalue weighted by Gasteiger charge is -2.39. The Morgan fingerprint density at radius 3 is 1.72 bits per heavy atom. The quantitative estimate of drug-likeness (QED) is 0.0281. The molecule has 0 aliphatic carbocycles. The number of hydrogen-bond acceptors (Lipinski definition) is 9. The number of ether oxygens (including phenoxy) is 4. The van der Waals surface area contributed by atoms with Crippen LogP contribution in [0.1, 0.15) is 174 Å². The van der Waals surface area contributed by atoms with Gasteiger partial charge in [-0.15, -0.1) is 0 Å². The molecule has 6 atom stereocenters. The van der Waals surface area contributed by atoms with Gasteiger partial charge in [0, 0.05) is 13.0 Å². The molecule has 310 valence electrons. The summed E-state index contributed by atoms with van der Waals surface area (Å²) in [7, 11) is 0. The molecule has 6 unspecified atom stereocenters. The van der Waals surface area contributed by atoms with E-state index in [0.29, 0.717) is 6.61 Å². The molecule has 0 amide bonds. The second kappa shape index (κ2) is 36.1. The molecule has 0 spiro atoms. The van der Waals surface area contributed by atoms with Crippen molar-refractivity contribution in [3.8, 4) is 0 Å². The fourth-order valence-electron chi connectivity index (χ4n) is 6.45. The summed E-state index contributed by atoms with van der Waals surface area (Å²) in [5.74, 6) is -0.341. The molecule has 4 N–H and O–H groups in total. The smallest absolute Gasteiger partial charge is 0.306 e. The zero-order valence-electron chi connectivity index (χ0n) is 33.8. The minimum absolute atomic E-state index is 0.123. The molecule has 53 heavy (non-hydrogen) atoms. The largest absolute Gasteiger partial charge is 0.457 e. The molecule has 9 nitrogen and oxygen atoms in total. The number of carbonyl (C=O) groups is 1. The lowest BCUT2D eigenvalue weighted by Crippen LogP contribution is -2.59. The Bertz CT molecular complexity index is 905. The Morgan fingerprint density at radius 2 is 1.15 bits per heavy atom. The number of carbonyl (C=O) groups excluding carboxylic acids is 1. The average molecular weight is 753 g/mol. The zero-order valence-corrected chi connectivity index (χ0v) is 33.8. The monoisotopic (exact) mass is 753 g/mol. The summed E-state index contributed by atoms with van der Waals surface area (Å²) in [6.07, 6.45) is 34.6. The van der Waals surface area contributed by atoms with E-state index < -0.39 is 43.4 Å². The van der Waals surface area contributed by atoms with Gasteiger partial charge in [0.15, 0.2) is 6.29 Å². The van der Waals surface area contributed by atoms with Crippen molar-refractivity contribution in [2.75, 3.05) is 26.4 Å². The first kappa shape index (κ1) is 49.4. The van der Waals surface area contributed by atoms with Gasteiger partial charge in [-0.05, 0) is 44.9 Å². The van der Waals surface area contributed by atoms with Crippen molar-refractivity contribution in [2.24, 2.45) is 0 Å². The lowest BCUT2D eigenvalue weighted by atomic mass is 9.99. The maximum Gasteiger partial charge on any atom is 0.306 e. The maximum absolute atomic E-state index is 12.7. The summed E-state index contributed by atoms with van der Waals surface area (Å²) in [6.45, 7) is 4.42. The Hall–Kier alpha value is -1.59. The predicted octanol–water partition coefficient (Wildman–Crippen LogP) is 9.19. The highest BCUT2D eigenvalue weighted by Crippen LogP contribution is 2.22. The van der Waals surface area contributed by atoms with Crippen LogP contribution in [0.3, 0.4) is 0 Å². The second-order valence-corrected chi connectivity index (χ2v) is 14.8. The maximum atomic E-state index is 12.7. The average Bonchev–Trinajstić information content (AvgIpc) is 3.16. The van der Waals surface area contributed by atoms with Gasteiger partial charge >= 0.3 is 5.97 Å². The number of aliphatic hydroxyl groups is 4. The third-order valence-electron chi connectivity index (χ3n) is 9.82. The first-order valence-corrected chi connectivity index (χ1v) is 21.6. The molecule has 9 heteroatoms. The summed E-state index contributed by atoms with van der Waals surface area (Å²) in [6, 6.07) is 0. The molecule has 0 saturated carbocycles. The van der Waals surface area contributed by atoms with Crippen LogP contribution in [-0.2, 0) is 23.7 Å². The molecule has 1 saturated heterocycles. The molecule has 1 heterocycles. The van der Waals surface area contributed by atoms with Gasteiger partial charge in [0.1, 0.15) is 30.5 Å². The van der Waals surface area contributed by atoms with E-state index in [2.05, 4.69) is 50.3 Å². The van der Waals surface area contributed by atoms with E-state index in [-0.39, 0.29) is 25.6 Å². The number of hydrogen-bond donors (Lipinski definition) is 4. The van der Waals surface area contributed by atoms with Gasteiger partial charge in [-0.25, -0.2) is 0 Å². The molecule has 1 aliphatic rings. The van der Waals surface area contributed by atoms with Crippen molar-refractivity contribution in [2.45, 2.75) is 211 Å². The number of rotatable bonds is 36. The van der Waals surface area contributed by atoms with E-state index in [1.165, 1.54) is 96.3 Å². The molecule has 0 aromatic heterocycles. The van der Waals surface area contributed by atoms with Crippen LogP contribution in [0.25, 0.3) is 0 Å². The molecular formula is C44H80O9. The summed E-state index contributed by atoms with van der Waals surface area (Å²) >= 11 is 0. The van der Waals surface area contributed by atoms with Crippen molar-refractivity contribution in [3.63, 3.8) is 0 Å². The van der Waals surface area contributed by atoms with Gasteiger partial charge in [-0.1, -0.05) is 159 Å². The minimum atomic E-state index is -1.54. The molecule has 0 radical (unpaired) electrons. The van der Waals surface area contributed by atoms with E-state index >= 15 is 0 Å². The Morgan fingerprint density at radius 1 is 0.623 bits per heavy atom. The van der Waals surface area contributed by atoms with Gasteiger partial charge in [0.2, 0.25) is 0 Å². The standard InChI is InChI=1S/C44H80O9/c1-3-5-7-9-11-13-15-17-18-19-20-22-24-26-28-30-32-34-50-36-38(37-51-44-43(49)42(48)41(47)39(35-45)53-44)52-40(46)33-31-29-27-25-23-21-16-14-12-10-8-6-4-2/h6,8,12,14,21,23,38-39,41-45,47-49H,3-5,7,9-11,13,15-20,22,24-37H2,1-2H3/b8-6-,14-12-,23-21-. The van der Waals surface area contributed by atoms with Crippen molar-refractivity contribution < 1.29 is 44.2 Å². The fraction of sp³-hybridized carbons (Fsp3) is 0.841. The van der Waals surface area contributed by atoms with Crippen LogP contribution in [0, 0.1) is 0 Å². The molecule has 0 aromatic carbocycles. The predicted molar refractivity (Wildman–Crippen MR) is 215 cm³/mol. The third kappa shape index (κ3) is 27.6. The first-order chi connectivity index (χ1) is 25.9. The highest BCUT2D eigenvalue weighted by Gasteiger charge is 2.44. The summed E-state index contributed by atoms with van der Waals surface area (Å²) in [5.41, 5.74) is 0. The Balaban J connectivity index is 2.28. The lowest BCUT2D eigenvalue weighted by molar-refractivity contribution is -0.305. The number of allylic oxidation sites excluding steroid dienone is 6. The number of esters is 1. The van der Waals surface area contributed by atoms with Crippen LogP contribution in [0.2, 0.25) is 0 Å². The van der Waals surface area contributed by atoms with Crippen molar-refractivity contribution in [3.05, 3.63) is 36.5 Å². The van der Waals surface area contributed by atoms with E-state index in [9.17, 15) is 25.2 Å². The van der Waals surface area contributed by atoms with E-state index in [1.807, 2.05) is 0 Å². The van der Waals surface area contributed by atoms with Crippen molar-refractivity contribution in [1.82, 2.24) is 0 Å². The first-order valence-electron chi connectivity index (χ1n) is 21.6. The van der Waals surface area contributed by atoms with Crippen LogP contribution in [0.15, 0.2) is 36.5 Å². The van der Waals surface area contributed by atoms with Gasteiger partial charge in [-0.3, -0.25) is 4.79 Å². The van der Waals surface area contributed by atoms with Gasteiger partial charge in [-0.2, -0.15) is 0 Å². The molecule has 0 bridgehead atoms. The van der Waals surface area contributed by atoms with Gasteiger partial charge in [0.25, 0.3) is 0 Å². The number of aliphatic hydroxyl groups excluding tert-OH is 4. The van der Waals surface area contributed by atoms with Gasteiger partial charge < -0.3 is 39.4 Å². The van der Waals surface area contributed by atoms with Crippen molar-refractivity contribution >= 4 is 5.97 Å². The normalized spacial score (nSPS) is 21.4. The highest BCUT2D eigenvalue weighted by molar-refractivity contribution is 5.69. The molecule has 1 aliphatic heterocycles. The van der Waals surface area contributed by atoms with E-state index in [1.54, 1.807) is 0 Å². The third-order valence-corrected chi connectivity index (χ3v) is 9.82. The minimum Gasteiger partial charge on any atom is -0.457 e. The van der Waals surface area contributed by atoms with Crippen LogP contribution in [0.5, 0.6) is 0 Å². The fourth-order valence-corrected chi connectivity index (χ4v) is 6.45. The topological polar surface area (TPSA) is 135 Å². The molecule has 1 fully saturated rings. The second-order valence-electron chi connectivity index (χ2n) is 14.8. The molecule has 0 aromatic rings. The van der Waals surface area contributed by atoms with Crippen LogP contribution in [-0.4, -0.2) is 89.6 Å². The van der Waals surface area contributed by atoms with Crippen LogP contribution < -0.4 is 0 Å². The number of unbranched alkanes of at least 4 members (excludes halogenated alkanes) is 19. The molecule has 1 rings (SSSR count). The van der Waals surface area contributed by atoms with Crippen molar-refractivity contribution in [1.29, 1.82) is 0 Å². The molecular weight excluding hydrogens is 672 g/mol. The highest BCUT2D eigenvalue weighted by atomic mass is 16.7. The summed E-state index contributed by atoms with van der Waals surface area (Å²) < 4.78 is 22.7. The van der Waals surface area contributed by atoms with Crippen LogP contribution in [0.4, 0.5) is 0 Å². The van der Waals surface area contributed by atoms with Gasteiger partial charge in [0.05, 0.1) is 19.8 Å². The summed E-state index contributed by atoms with van der Waals surface area (Å²) in [4.78, 5) is 12.7. The Labute approximate surface area is 323 Å². The summed E-state index contributed by atoms with van der Waals surface area (Å²) in [5, 5.41) is 40.0. The van der Waals surface area contributed by atoms with Crippen LogP contribution >= 0.6 is 0 Å². The SMILES string of the molecule is CC/C=C\C/C=C\C/C=C\CCCCCC(=O)OC(COCCCCCCCCCCCCCCCCCCC)COC1OC(CO)C(O)C(O)C1O. The zero-order chi connectivity index (χ0) is 38.6. The Kier molecular flexibility index (Phi) is 33.6. The van der Waals surface area contributed by atoms with E-state index in [0.717, 1.165) is 57.8 Å².